The molecule has 1 aromatic carbocycles. The van der Waals surface area contributed by atoms with Gasteiger partial charge in [0.15, 0.2) is 0 Å². The fourth-order valence-electron chi connectivity index (χ4n) is 2.11. The molecule has 2 heteroatoms. The van der Waals surface area contributed by atoms with Crippen molar-refractivity contribution in [3.8, 4) is 17.6 Å². The highest BCUT2D eigenvalue weighted by Crippen LogP contribution is 2.33. The predicted octanol–water partition coefficient (Wildman–Crippen LogP) is 5.48. The summed E-state index contributed by atoms with van der Waals surface area (Å²) in [6.07, 6.45) is 4.88. The summed E-state index contributed by atoms with van der Waals surface area (Å²) in [6, 6.07) is 1.99. The molecule has 0 spiro atoms. The van der Waals surface area contributed by atoms with Gasteiger partial charge in [-0.15, -0.1) is 11.8 Å². The number of hydrogen-bond donors (Lipinski definition) is 0. The number of ether oxygens (including phenoxy) is 1. The van der Waals surface area contributed by atoms with Crippen molar-refractivity contribution in [2.45, 2.75) is 59.8 Å². The van der Waals surface area contributed by atoms with Crippen molar-refractivity contribution in [1.29, 1.82) is 0 Å². The van der Waals surface area contributed by atoms with Crippen LogP contribution >= 0.6 is 11.6 Å². The fourth-order valence-corrected chi connectivity index (χ4v) is 2.39. The summed E-state index contributed by atoms with van der Waals surface area (Å²) in [6.45, 7) is 9.14. The molecule has 1 rings (SSSR count). The second-order valence-corrected chi connectivity index (χ2v) is 5.47. The Morgan fingerprint density at radius 3 is 2.45 bits per heavy atom. The lowest BCUT2D eigenvalue weighted by atomic mass is 9.99. The highest BCUT2D eigenvalue weighted by molar-refractivity contribution is 6.31. The first-order valence-electron chi connectivity index (χ1n) is 7.48. The first-order chi connectivity index (χ1) is 9.61. The zero-order valence-electron chi connectivity index (χ0n) is 13.1. The summed E-state index contributed by atoms with van der Waals surface area (Å²) in [5, 5.41) is 0.822. The predicted molar refractivity (Wildman–Crippen MR) is 87.7 cm³/mol. The van der Waals surface area contributed by atoms with Crippen molar-refractivity contribution >= 4 is 11.6 Å². The molecule has 0 amide bonds. The van der Waals surface area contributed by atoms with E-state index in [-0.39, 0.29) is 0 Å². The molecule has 0 heterocycles. The van der Waals surface area contributed by atoms with Crippen molar-refractivity contribution in [1.82, 2.24) is 0 Å². The van der Waals surface area contributed by atoms with Crippen LogP contribution in [-0.4, -0.2) is 6.61 Å². The molecule has 20 heavy (non-hydrogen) atoms. The molecule has 0 fully saturated rings. The number of benzene rings is 1. The van der Waals surface area contributed by atoms with Crippen LogP contribution in [0.5, 0.6) is 5.75 Å². The van der Waals surface area contributed by atoms with Crippen LogP contribution in [0.1, 0.15) is 56.2 Å². The molecule has 0 N–H and O–H groups in total. The van der Waals surface area contributed by atoms with E-state index in [0.717, 1.165) is 60.6 Å². The average Bonchev–Trinajstić information content (AvgIpc) is 2.43. The number of halogens is 1. The Labute approximate surface area is 128 Å². The minimum Gasteiger partial charge on any atom is -0.493 e. The highest BCUT2D eigenvalue weighted by Gasteiger charge is 2.13. The average molecular weight is 293 g/mol. The van der Waals surface area contributed by atoms with Gasteiger partial charge in [0.25, 0.3) is 0 Å². The van der Waals surface area contributed by atoms with Crippen LogP contribution in [0.15, 0.2) is 6.07 Å². The summed E-state index contributed by atoms with van der Waals surface area (Å²) >= 11 is 6.30. The summed E-state index contributed by atoms with van der Waals surface area (Å²) < 4.78 is 5.92. The molecule has 0 bridgehead atoms. The zero-order chi connectivity index (χ0) is 15.0. The van der Waals surface area contributed by atoms with Crippen LogP contribution in [0.25, 0.3) is 0 Å². The molecule has 0 atom stereocenters. The monoisotopic (exact) mass is 292 g/mol. The number of hydrogen-bond acceptors (Lipinski definition) is 1. The van der Waals surface area contributed by atoms with Crippen LogP contribution in [0.4, 0.5) is 0 Å². The maximum absolute atomic E-state index is 6.30. The van der Waals surface area contributed by atoms with Gasteiger partial charge in [-0.05, 0) is 55.9 Å². The standard InChI is InChI=1S/C18H25ClO/c1-5-7-8-9-10-11-16-15(4)17(19)13-14(3)18(16)20-12-6-2/h13H,5-7,10-12H2,1-4H3. The van der Waals surface area contributed by atoms with E-state index in [9.17, 15) is 0 Å². The Morgan fingerprint density at radius 1 is 1.10 bits per heavy atom. The van der Waals surface area contributed by atoms with E-state index in [0.29, 0.717) is 0 Å². The van der Waals surface area contributed by atoms with Crippen molar-refractivity contribution in [2.75, 3.05) is 6.61 Å². The Balaban J connectivity index is 2.93. The van der Waals surface area contributed by atoms with Crippen molar-refractivity contribution < 1.29 is 4.74 Å². The smallest absolute Gasteiger partial charge is 0.125 e. The molecular weight excluding hydrogens is 268 g/mol. The van der Waals surface area contributed by atoms with Gasteiger partial charge in [0, 0.05) is 17.9 Å². The number of aryl methyl sites for hydroxylation is 1. The van der Waals surface area contributed by atoms with Crippen molar-refractivity contribution in [3.05, 3.63) is 27.8 Å². The molecule has 0 aliphatic heterocycles. The SMILES string of the molecule is CCCC#CCCc1c(C)c(Cl)cc(C)c1OCCC. The Hall–Kier alpha value is -1.13. The summed E-state index contributed by atoms with van der Waals surface area (Å²) in [5.74, 6) is 7.43. The molecule has 110 valence electrons. The van der Waals surface area contributed by atoms with E-state index < -0.39 is 0 Å². The molecule has 0 unspecified atom stereocenters. The van der Waals surface area contributed by atoms with Gasteiger partial charge in [0.1, 0.15) is 5.75 Å². The first-order valence-corrected chi connectivity index (χ1v) is 7.86. The van der Waals surface area contributed by atoms with E-state index in [1.54, 1.807) is 0 Å². The van der Waals surface area contributed by atoms with Gasteiger partial charge < -0.3 is 4.74 Å². The minimum absolute atomic E-state index is 0.746. The van der Waals surface area contributed by atoms with E-state index in [4.69, 9.17) is 16.3 Å². The third kappa shape index (κ3) is 4.76. The minimum atomic E-state index is 0.746. The van der Waals surface area contributed by atoms with E-state index in [1.165, 1.54) is 5.56 Å². The normalized spacial score (nSPS) is 10.1. The zero-order valence-corrected chi connectivity index (χ0v) is 13.9. The quantitative estimate of drug-likeness (QED) is 0.631. The van der Waals surface area contributed by atoms with Gasteiger partial charge in [-0.25, -0.2) is 0 Å². The fraction of sp³-hybridized carbons (Fsp3) is 0.556. The summed E-state index contributed by atoms with van der Waals surface area (Å²) in [7, 11) is 0. The van der Waals surface area contributed by atoms with E-state index in [2.05, 4.69) is 39.5 Å². The van der Waals surface area contributed by atoms with Crippen LogP contribution in [0, 0.1) is 25.7 Å². The Morgan fingerprint density at radius 2 is 1.80 bits per heavy atom. The van der Waals surface area contributed by atoms with E-state index in [1.807, 2.05) is 6.07 Å². The molecule has 0 aliphatic carbocycles. The molecule has 0 saturated carbocycles. The molecule has 1 nitrogen and oxygen atoms in total. The third-order valence-corrected chi connectivity index (χ3v) is 3.63. The van der Waals surface area contributed by atoms with Crippen LogP contribution in [-0.2, 0) is 6.42 Å². The van der Waals surface area contributed by atoms with Gasteiger partial charge in [0.2, 0.25) is 0 Å². The second kappa shape index (κ2) is 8.93. The molecule has 0 aliphatic rings. The van der Waals surface area contributed by atoms with Gasteiger partial charge in [-0.1, -0.05) is 25.4 Å². The Kier molecular flexibility index (Phi) is 7.55. The van der Waals surface area contributed by atoms with Crippen LogP contribution in [0.3, 0.4) is 0 Å². The molecule has 0 radical (unpaired) electrons. The summed E-state index contributed by atoms with van der Waals surface area (Å²) in [4.78, 5) is 0. The molecule has 1 aromatic rings. The highest BCUT2D eigenvalue weighted by atomic mass is 35.5. The molecular formula is C18H25ClO. The Bertz CT molecular complexity index is 494. The second-order valence-electron chi connectivity index (χ2n) is 5.06. The first kappa shape index (κ1) is 16.9. The lowest BCUT2D eigenvalue weighted by molar-refractivity contribution is 0.312. The summed E-state index contributed by atoms with van der Waals surface area (Å²) in [5.41, 5.74) is 3.46. The van der Waals surface area contributed by atoms with Crippen molar-refractivity contribution in [2.24, 2.45) is 0 Å². The van der Waals surface area contributed by atoms with Crippen molar-refractivity contribution in [3.63, 3.8) is 0 Å². The number of rotatable bonds is 6. The lowest BCUT2D eigenvalue weighted by Crippen LogP contribution is -2.03. The van der Waals surface area contributed by atoms with Gasteiger partial charge >= 0.3 is 0 Å². The lowest BCUT2D eigenvalue weighted by Gasteiger charge is -2.17. The topological polar surface area (TPSA) is 9.23 Å². The molecule has 0 saturated heterocycles. The van der Waals surface area contributed by atoms with Gasteiger partial charge in [-0.2, -0.15) is 0 Å². The largest absolute Gasteiger partial charge is 0.493 e. The van der Waals surface area contributed by atoms with Gasteiger partial charge in [0.05, 0.1) is 6.61 Å². The van der Waals surface area contributed by atoms with Crippen LogP contribution in [0.2, 0.25) is 5.02 Å². The third-order valence-electron chi connectivity index (χ3n) is 3.24. The number of unbranched alkanes of at least 4 members (excludes halogenated alkanes) is 1. The van der Waals surface area contributed by atoms with E-state index >= 15 is 0 Å². The maximum Gasteiger partial charge on any atom is 0.125 e. The van der Waals surface area contributed by atoms with Crippen LogP contribution < -0.4 is 4.74 Å². The molecule has 0 aromatic heterocycles. The maximum atomic E-state index is 6.30. The van der Waals surface area contributed by atoms with Gasteiger partial charge in [-0.3, -0.25) is 0 Å².